The van der Waals surface area contributed by atoms with Crippen molar-refractivity contribution in [3.63, 3.8) is 0 Å². The lowest BCUT2D eigenvalue weighted by atomic mass is 10.2. The Kier molecular flexibility index (Phi) is 2.80. The highest BCUT2D eigenvalue weighted by molar-refractivity contribution is 6.31. The molecule has 0 bridgehead atoms. The van der Waals surface area contributed by atoms with Gasteiger partial charge in [0.2, 0.25) is 0 Å². The number of carboxylic acids is 1. The summed E-state index contributed by atoms with van der Waals surface area (Å²) in [6.45, 7) is 0. The van der Waals surface area contributed by atoms with Crippen molar-refractivity contribution in [1.29, 1.82) is 0 Å². The zero-order chi connectivity index (χ0) is 14.3. The summed E-state index contributed by atoms with van der Waals surface area (Å²) in [6.07, 6.45) is 3.07. The monoisotopic (exact) mass is 288 g/mol. The molecule has 0 atom stereocenters. The minimum absolute atomic E-state index is 0.108. The Morgan fingerprint density at radius 1 is 1.35 bits per heavy atom. The summed E-state index contributed by atoms with van der Waals surface area (Å²) in [4.78, 5) is 15.2. The van der Waals surface area contributed by atoms with Crippen molar-refractivity contribution >= 4 is 34.2 Å². The largest absolute Gasteiger partial charge is 0.476 e. The summed E-state index contributed by atoms with van der Waals surface area (Å²) < 4.78 is 1.43. The fourth-order valence-electron chi connectivity index (χ4n) is 1.98. The van der Waals surface area contributed by atoms with Crippen molar-refractivity contribution < 1.29 is 9.90 Å². The molecule has 0 saturated heterocycles. The molecule has 0 aliphatic rings. The number of aromatic carboxylic acids is 1. The number of fused-ring (bicyclic) bond motifs is 1. The lowest BCUT2D eigenvalue weighted by molar-refractivity contribution is 0.0691. The number of carbonyl (C=O) groups is 1. The average Bonchev–Trinajstić information content (AvgIpc) is 2.79. The molecule has 2 heterocycles. The standard InChI is InChI=1S/C13H9ClN4O2/c14-7-1-2-8-10(5-7)16-4-3-11(8)18-6-9(15)12(17-18)13(19)20/h1-6H,15H2,(H,19,20). The van der Waals surface area contributed by atoms with Crippen LogP contribution < -0.4 is 5.73 Å². The smallest absolute Gasteiger partial charge is 0.358 e. The molecule has 0 spiro atoms. The molecule has 3 N–H and O–H groups in total. The van der Waals surface area contributed by atoms with Gasteiger partial charge in [-0.2, -0.15) is 5.10 Å². The van der Waals surface area contributed by atoms with Crippen LogP contribution in [0.3, 0.4) is 0 Å². The van der Waals surface area contributed by atoms with Gasteiger partial charge in [0.05, 0.1) is 23.1 Å². The van der Waals surface area contributed by atoms with Gasteiger partial charge < -0.3 is 10.8 Å². The predicted octanol–water partition coefficient (Wildman–Crippen LogP) is 2.35. The van der Waals surface area contributed by atoms with Gasteiger partial charge in [-0.3, -0.25) is 4.98 Å². The highest BCUT2D eigenvalue weighted by Crippen LogP contribution is 2.24. The zero-order valence-corrected chi connectivity index (χ0v) is 10.9. The molecule has 100 valence electrons. The number of nitrogens with two attached hydrogens (primary N) is 1. The molecule has 0 saturated carbocycles. The van der Waals surface area contributed by atoms with Crippen molar-refractivity contribution in [2.75, 3.05) is 5.73 Å². The van der Waals surface area contributed by atoms with Crippen LogP contribution in [0, 0.1) is 0 Å². The lowest BCUT2D eigenvalue weighted by Gasteiger charge is -2.05. The third-order valence-corrected chi connectivity index (χ3v) is 3.11. The van der Waals surface area contributed by atoms with Crippen LogP contribution in [0.15, 0.2) is 36.7 Å². The molecule has 0 amide bonds. The number of hydrogen-bond acceptors (Lipinski definition) is 4. The van der Waals surface area contributed by atoms with Gasteiger partial charge in [-0.25, -0.2) is 9.48 Å². The van der Waals surface area contributed by atoms with Crippen molar-refractivity contribution in [2.45, 2.75) is 0 Å². The van der Waals surface area contributed by atoms with Gasteiger partial charge in [0, 0.05) is 16.6 Å². The second kappa shape index (κ2) is 4.50. The van der Waals surface area contributed by atoms with Crippen LogP contribution in [-0.2, 0) is 0 Å². The Bertz CT molecular complexity index is 828. The van der Waals surface area contributed by atoms with Crippen molar-refractivity contribution in [3.8, 4) is 5.69 Å². The molecule has 6 nitrogen and oxygen atoms in total. The van der Waals surface area contributed by atoms with Crippen molar-refractivity contribution in [1.82, 2.24) is 14.8 Å². The number of carboxylic acid groups (broad SMARTS) is 1. The molecule has 0 radical (unpaired) electrons. The first-order valence-electron chi connectivity index (χ1n) is 5.69. The zero-order valence-electron chi connectivity index (χ0n) is 10.1. The number of pyridine rings is 1. The molecule has 0 unspecified atom stereocenters. The average molecular weight is 289 g/mol. The third-order valence-electron chi connectivity index (χ3n) is 2.87. The molecule has 3 aromatic rings. The van der Waals surface area contributed by atoms with Crippen molar-refractivity contribution in [2.24, 2.45) is 0 Å². The highest BCUT2D eigenvalue weighted by atomic mass is 35.5. The first-order chi connectivity index (χ1) is 9.56. The van der Waals surface area contributed by atoms with Gasteiger partial charge in [-0.15, -0.1) is 0 Å². The molecule has 3 rings (SSSR count). The topological polar surface area (TPSA) is 94.0 Å². The van der Waals surface area contributed by atoms with E-state index >= 15 is 0 Å². The lowest BCUT2D eigenvalue weighted by Crippen LogP contribution is -2.03. The van der Waals surface area contributed by atoms with Crippen LogP contribution in [0.25, 0.3) is 16.6 Å². The Morgan fingerprint density at radius 3 is 2.85 bits per heavy atom. The van der Waals surface area contributed by atoms with E-state index in [1.165, 1.54) is 10.9 Å². The first-order valence-corrected chi connectivity index (χ1v) is 6.07. The fourth-order valence-corrected chi connectivity index (χ4v) is 2.15. The summed E-state index contributed by atoms with van der Waals surface area (Å²) in [7, 11) is 0. The van der Waals surface area contributed by atoms with E-state index in [1.807, 2.05) is 0 Å². The van der Waals surface area contributed by atoms with E-state index < -0.39 is 5.97 Å². The van der Waals surface area contributed by atoms with E-state index in [1.54, 1.807) is 30.5 Å². The van der Waals surface area contributed by atoms with Crippen LogP contribution in [0.1, 0.15) is 10.5 Å². The second-order valence-corrected chi connectivity index (χ2v) is 4.61. The van der Waals surface area contributed by atoms with Crippen LogP contribution >= 0.6 is 11.6 Å². The van der Waals surface area contributed by atoms with Crippen LogP contribution in [0.5, 0.6) is 0 Å². The summed E-state index contributed by atoms with van der Waals surface area (Å²) in [5.41, 5.74) is 6.96. The van der Waals surface area contributed by atoms with E-state index in [0.29, 0.717) is 16.2 Å². The maximum absolute atomic E-state index is 11.0. The SMILES string of the molecule is Nc1cn(-c2ccnc3cc(Cl)ccc23)nc1C(=O)O. The summed E-state index contributed by atoms with van der Waals surface area (Å²) >= 11 is 5.93. The Balaban J connectivity index is 2.24. The van der Waals surface area contributed by atoms with E-state index in [-0.39, 0.29) is 11.4 Å². The number of rotatable bonds is 2. The first kappa shape index (κ1) is 12.4. The number of hydrogen-bond donors (Lipinski definition) is 2. The second-order valence-electron chi connectivity index (χ2n) is 4.17. The summed E-state index contributed by atoms with van der Waals surface area (Å²) in [5.74, 6) is -1.16. The van der Waals surface area contributed by atoms with Gasteiger partial charge in [0.25, 0.3) is 0 Å². The number of nitrogen functional groups attached to an aromatic ring is 1. The van der Waals surface area contributed by atoms with Gasteiger partial charge >= 0.3 is 5.97 Å². The molecule has 7 heteroatoms. The maximum atomic E-state index is 11.0. The minimum Gasteiger partial charge on any atom is -0.476 e. The molecule has 0 aliphatic carbocycles. The summed E-state index contributed by atoms with van der Waals surface area (Å²) in [5, 5.41) is 14.4. The van der Waals surface area contributed by atoms with E-state index in [9.17, 15) is 4.79 Å². The fraction of sp³-hybridized carbons (Fsp3) is 0. The molecular weight excluding hydrogens is 280 g/mol. The van der Waals surface area contributed by atoms with Crippen LogP contribution in [-0.4, -0.2) is 25.8 Å². The predicted molar refractivity (Wildman–Crippen MR) is 75.2 cm³/mol. The minimum atomic E-state index is -1.16. The molecule has 20 heavy (non-hydrogen) atoms. The van der Waals surface area contributed by atoms with Gasteiger partial charge in [0.15, 0.2) is 5.69 Å². The number of halogens is 1. The molecule has 0 aliphatic heterocycles. The normalized spacial score (nSPS) is 10.8. The van der Waals surface area contributed by atoms with Gasteiger partial charge in [-0.05, 0) is 24.3 Å². The Labute approximate surface area is 118 Å². The van der Waals surface area contributed by atoms with E-state index in [4.69, 9.17) is 22.4 Å². The molecule has 0 fully saturated rings. The highest BCUT2D eigenvalue weighted by Gasteiger charge is 2.15. The maximum Gasteiger partial charge on any atom is 0.358 e. The summed E-state index contributed by atoms with van der Waals surface area (Å²) in [6, 6.07) is 7.00. The Morgan fingerprint density at radius 2 is 2.15 bits per heavy atom. The van der Waals surface area contributed by atoms with Gasteiger partial charge in [0.1, 0.15) is 0 Å². The molecular formula is C13H9ClN4O2. The van der Waals surface area contributed by atoms with E-state index in [2.05, 4.69) is 10.1 Å². The third kappa shape index (κ3) is 1.96. The van der Waals surface area contributed by atoms with Crippen LogP contribution in [0.4, 0.5) is 5.69 Å². The number of benzene rings is 1. The molecule has 1 aromatic carbocycles. The van der Waals surface area contributed by atoms with E-state index in [0.717, 1.165) is 5.39 Å². The van der Waals surface area contributed by atoms with Crippen LogP contribution in [0.2, 0.25) is 5.02 Å². The quantitative estimate of drug-likeness (QED) is 0.755. The number of anilines is 1. The van der Waals surface area contributed by atoms with Crippen molar-refractivity contribution in [3.05, 3.63) is 47.4 Å². The molecule has 2 aromatic heterocycles. The Hall–Kier alpha value is -2.60. The van der Waals surface area contributed by atoms with Gasteiger partial charge in [-0.1, -0.05) is 11.6 Å². The number of nitrogens with zero attached hydrogens (tertiary/aromatic N) is 3. The number of aromatic nitrogens is 3.